The molecular weight excluding hydrogens is 232 g/mol. The lowest BCUT2D eigenvalue weighted by Crippen LogP contribution is -2.12. The molecule has 0 saturated carbocycles. The van der Waals surface area contributed by atoms with Gasteiger partial charge < -0.3 is 14.6 Å². The number of hydrogen-bond donors (Lipinski definition) is 1. The zero-order valence-corrected chi connectivity index (χ0v) is 11.7. The highest BCUT2D eigenvalue weighted by molar-refractivity contribution is 5.27. The summed E-state index contributed by atoms with van der Waals surface area (Å²) in [6.07, 6.45) is 2.56. The molecule has 1 unspecified atom stereocenters. The van der Waals surface area contributed by atoms with E-state index in [0.717, 1.165) is 12.1 Å². The first kappa shape index (κ1) is 15.0. The molecule has 104 valence electrons. The Morgan fingerprint density at radius 1 is 1.44 bits per heavy atom. The van der Waals surface area contributed by atoms with Gasteiger partial charge in [-0.05, 0) is 33.6 Å². The molecule has 1 heterocycles. The van der Waals surface area contributed by atoms with Gasteiger partial charge in [0.05, 0.1) is 19.4 Å². The zero-order chi connectivity index (χ0) is 13.5. The molecule has 0 fully saturated rings. The van der Waals surface area contributed by atoms with E-state index >= 15 is 0 Å². The van der Waals surface area contributed by atoms with Crippen molar-refractivity contribution in [1.82, 2.24) is 9.78 Å². The number of aliphatic hydroxyl groups is 1. The van der Waals surface area contributed by atoms with Crippen LogP contribution in [0.15, 0.2) is 6.20 Å². The smallest absolute Gasteiger partial charge is 0.162 e. The van der Waals surface area contributed by atoms with E-state index in [-0.39, 0.29) is 6.04 Å². The van der Waals surface area contributed by atoms with Crippen molar-refractivity contribution in [3.8, 4) is 5.75 Å². The van der Waals surface area contributed by atoms with Gasteiger partial charge in [0.25, 0.3) is 0 Å². The van der Waals surface area contributed by atoms with Gasteiger partial charge in [-0.2, -0.15) is 5.10 Å². The van der Waals surface area contributed by atoms with Crippen molar-refractivity contribution in [1.29, 1.82) is 0 Å². The molecule has 1 rings (SSSR count). The molecule has 0 aliphatic rings. The van der Waals surface area contributed by atoms with Crippen LogP contribution in [0.2, 0.25) is 0 Å². The van der Waals surface area contributed by atoms with Gasteiger partial charge in [0.1, 0.15) is 5.69 Å². The first-order chi connectivity index (χ1) is 8.61. The average molecular weight is 256 g/mol. The predicted molar refractivity (Wildman–Crippen MR) is 69.9 cm³/mol. The van der Waals surface area contributed by atoms with Crippen LogP contribution in [0.25, 0.3) is 0 Å². The molecule has 0 bridgehead atoms. The van der Waals surface area contributed by atoms with Crippen molar-refractivity contribution >= 4 is 0 Å². The van der Waals surface area contributed by atoms with Gasteiger partial charge in [-0.1, -0.05) is 0 Å². The molecule has 0 amide bonds. The highest BCUT2D eigenvalue weighted by Gasteiger charge is 2.20. The normalized spacial score (nSPS) is 13.0. The van der Waals surface area contributed by atoms with Crippen molar-refractivity contribution < 1.29 is 14.6 Å². The van der Waals surface area contributed by atoms with Gasteiger partial charge in [0, 0.05) is 19.3 Å². The summed E-state index contributed by atoms with van der Waals surface area (Å²) in [5.74, 6) is 0.646. The Balaban J connectivity index is 2.70. The second-order valence-corrected chi connectivity index (χ2v) is 4.49. The lowest BCUT2D eigenvalue weighted by Gasteiger charge is -2.17. The van der Waals surface area contributed by atoms with Gasteiger partial charge in [0.15, 0.2) is 5.75 Å². The monoisotopic (exact) mass is 256 g/mol. The van der Waals surface area contributed by atoms with E-state index in [1.165, 1.54) is 0 Å². The Kier molecular flexibility index (Phi) is 6.15. The van der Waals surface area contributed by atoms with Gasteiger partial charge in [-0.3, -0.25) is 4.68 Å². The maximum atomic E-state index is 10.3. The van der Waals surface area contributed by atoms with E-state index in [0.29, 0.717) is 25.4 Å². The van der Waals surface area contributed by atoms with E-state index < -0.39 is 6.10 Å². The van der Waals surface area contributed by atoms with E-state index in [4.69, 9.17) is 9.47 Å². The number of methoxy groups -OCH3 is 1. The minimum absolute atomic E-state index is 0.199. The molecule has 0 saturated heterocycles. The molecule has 0 radical (unpaired) electrons. The van der Waals surface area contributed by atoms with Crippen molar-refractivity contribution in [3.63, 3.8) is 0 Å². The molecule has 1 aromatic rings. The Bertz CT molecular complexity index is 350. The summed E-state index contributed by atoms with van der Waals surface area (Å²) in [6, 6.07) is 0.199. The fourth-order valence-corrected chi connectivity index (χ4v) is 1.90. The lowest BCUT2D eigenvalue weighted by atomic mass is 10.1. The minimum Gasteiger partial charge on any atom is -0.493 e. The molecule has 0 aliphatic carbocycles. The summed E-state index contributed by atoms with van der Waals surface area (Å²) in [4.78, 5) is 0. The molecule has 0 aromatic carbocycles. The summed E-state index contributed by atoms with van der Waals surface area (Å²) >= 11 is 0. The number of aromatic nitrogens is 2. The summed E-state index contributed by atoms with van der Waals surface area (Å²) in [5, 5.41) is 14.5. The quantitative estimate of drug-likeness (QED) is 0.725. The highest BCUT2D eigenvalue weighted by atomic mass is 16.5. The van der Waals surface area contributed by atoms with Crippen LogP contribution in [0.5, 0.6) is 5.75 Å². The third kappa shape index (κ3) is 3.71. The lowest BCUT2D eigenvalue weighted by molar-refractivity contribution is 0.108. The maximum Gasteiger partial charge on any atom is 0.162 e. The summed E-state index contributed by atoms with van der Waals surface area (Å²) in [5.41, 5.74) is 0.754. The van der Waals surface area contributed by atoms with Gasteiger partial charge >= 0.3 is 0 Å². The Morgan fingerprint density at radius 2 is 2.17 bits per heavy atom. The van der Waals surface area contributed by atoms with Crippen molar-refractivity contribution in [2.75, 3.05) is 20.3 Å². The van der Waals surface area contributed by atoms with E-state index in [1.54, 1.807) is 13.3 Å². The largest absolute Gasteiger partial charge is 0.493 e. The highest BCUT2D eigenvalue weighted by Crippen LogP contribution is 2.29. The molecule has 1 N–H and O–H groups in total. The van der Waals surface area contributed by atoms with Gasteiger partial charge in [0.2, 0.25) is 0 Å². The van der Waals surface area contributed by atoms with Gasteiger partial charge in [-0.25, -0.2) is 0 Å². The molecule has 0 spiro atoms. The Morgan fingerprint density at radius 3 is 2.72 bits per heavy atom. The van der Waals surface area contributed by atoms with Crippen molar-refractivity contribution in [2.24, 2.45) is 0 Å². The van der Waals surface area contributed by atoms with E-state index in [2.05, 4.69) is 5.10 Å². The van der Waals surface area contributed by atoms with Crippen LogP contribution in [0.3, 0.4) is 0 Å². The van der Waals surface area contributed by atoms with Crippen LogP contribution < -0.4 is 4.74 Å². The summed E-state index contributed by atoms with van der Waals surface area (Å²) < 4.78 is 12.3. The van der Waals surface area contributed by atoms with E-state index in [9.17, 15) is 5.11 Å². The van der Waals surface area contributed by atoms with Crippen LogP contribution in [0.1, 0.15) is 51.5 Å². The molecule has 18 heavy (non-hydrogen) atoms. The third-order valence-corrected chi connectivity index (χ3v) is 2.79. The molecule has 5 nitrogen and oxygen atoms in total. The minimum atomic E-state index is -0.565. The van der Waals surface area contributed by atoms with Crippen LogP contribution in [-0.2, 0) is 4.74 Å². The van der Waals surface area contributed by atoms with Gasteiger partial charge in [-0.15, -0.1) is 0 Å². The predicted octanol–water partition coefficient (Wildman–Crippen LogP) is 2.32. The van der Waals surface area contributed by atoms with Crippen LogP contribution in [-0.4, -0.2) is 35.2 Å². The molecule has 0 aliphatic heterocycles. The van der Waals surface area contributed by atoms with Crippen molar-refractivity contribution in [3.05, 3.63) is 11.9 Å². The SMILES string of the molecule is CCOCCCC(O)c1c(OC)cnn1C(C)C. The topological polar surface area (TPSA) is 56.5 Å². The maximum absolute atomic E-state index is 10.3. The summed E-state index contributed by atoms with van der Waals surface area (Å²) in [7, 11) is 1.60. The molecule has 1 aromatic heterocycles. The first-order valence-corrected chi connectivity index (χ1v) is 6.49. The summed E-state index contributed by atoms with van der Waals surface area (Å²) in [6.45, 7) is 7.41. The van der Waals surface area contributed by atoms with Crippen LogP contribution in [0, 0.1) is 0 Å². The standard InChI is InChI=1S/C13H24N2O3/c1-5-18-8-6-7-11(16)13-12(17-4)9-14-15(13)10(2)3/h9-11,16H,5-8H2,1-4H3. The molecule has 1 atom stereocenters. The zero-order valence-electron chi connectivity index (χ0n) is 11.7. The number of nitrogens with zero attached hydrogens (tertiary/aromatic N) is 2. The molecular formula is C13H24N2O3. The fourth-order valence-electron chi connectivity index (χ4n) is 1.90. The second-order valence-electron chi connectivity index (χ2n) is 4.49. The Hall–Kier alpha value is -1.07. The number of rotatable bonds is 8. The van der Waals surface area contributed by atoms with Crippen LogP contribution in [0.4, 0.5) is 0 Å². The fraction of sp³-hybridized carbons (Fsp3) is 0.769. The average Bonchev–Trinajstić information content (AvgIpc) is 2.78. The number of aliphatic hydroxyl groups excluding tert-OH is 1. The third-order valence-electron chi connectivity index (χ3n) is 2.79. The number of ether oxygens (including phenoxy) is 2. The Labute approximate surface area is 109 Å². The van der Waals surface area contributed by atoms with E-state index in [1.807, 2.05) is 25.5 Å². The van der Waals surface area contributed by atoms with Crippen LogP contribution >= 0.6 is 0 Å². The molecule has 5 heteroatoms. The second kappa shape index (κ2) is 7.38. The van der Waals surface area contributed by atoms with Crippen molar-refractivity contribution in [2.45, 2.75) is 45.8 Å². The first-order valence-electron chi connectivity index (χ1n) is 6.49. The number of hydrogen-bond acceptors (Lipinski definition) is 4.